The summed E-state index contributed by atoms with van der Waals surface area (Å²) in [6.45, 7) is 4.23. The molecule has 0 N–H and O–H groups in total. The molecule has 0 aliphatic heterocycles. The van der Waals surface area contributed by atoms with Gasteiger partial charge in [0.15, 0.2) is 0 Å². The molecule has 0 unspecified atom stereocenters. The van der Waals surface area contributed by atoms with Crippen molar-refractivity contribution >= 4 is 5.57 Å². The fraction of sp³-hybridized carbons (Fsp3) is 0.333. The number of halogens is 1. The molecule has 0 spiro atoms. The molecule has 1 aromatic rings. The van der Waals surface area contributed by atoms with Crippen LogP contribution in [-0.2, 0) is 0 Å². The predicted molar refractivity (Wildman–Crippen MR) is 55.0 cm³/mol. The molecule has 1 rings (SSSR count). The molecule has 1 heteroatoms. The molecule has 70 valence electrons. The van der Waals surface area contributed by atoms with Crippen molar-refractivity contribution in [3.63, 3.8) is 0 Å². The van der Waals surface area contributed by atoms with Gasteiger partial charge >= 0.3 is 0 Å². The fourth-order valence-electron chi connectivity index (χ4n) is 1.38. The first-order valence-corrected chi connectivity index (χ1v) is 4.73. The van der Waals surface area contributed by atoms with Crippen molar-refractivity contribution in [3.05, 3.63) is 41.7 Å². The zero-order valence-corrected chi connectivity index (χ0v) is 8.18. The van der Waals surface area contributed by atoms with Crippen LogP contribution in [0.25, 0.3) is 5.57 Å². The molecule has 0 saturated carbocycles. The van der Waals surface area contributed by atoms with Crippen LogP contribution >= 0.6 is 0 Å². The molecule has 0 radical (unpaired) electrons. The Labute approximate surface area is 79.1 Å². The highest BCUT2D eigenvalue weighted by Gasteiger charge is 1.97. The normalized spacial score (nSPS) is 11.8. The van der Waals surface area contributed by atoms with Crippen LogP contribution in [-0.4, -0.2) is 0 Å². The van der Waals surface area contributed by atoms with E-state index in [9.17, 15) is 4.39 Å². The van der Waals surface area contributed by atoms with E-state index in [2.05, 4.69) is 19.9 Å². The first-order valence-electron chi connectivity index (χ1n) is 4.73. The standard InChI is InChI=1S/C12H15F/c1-3-5-10(4-2)11-6-8-12(13)9-7-11/h5-9H,3-4H2,1-2H3. The highest BCUT2D eigenvalue weighted by molar-refractivity contribution is 5.65. The lowest BCUT2D eigenvalue weighted by atomic mass is 10.0. The van der Waals surface area contributed by atoms with E-state index in [0.29, 0.717) is 0 Å². The zero-order valence-electron chi connectivity index (χ0n) is 8.18. The van der Waals surface area contributed by atoms with Gasteiger partial charge in [-0.15, -0.1) is 0 Å². The number of hydrogen-bond donors (Lipinski definition) is 0. The maximum Gasteiger partial charge on any atom is 0.123 e. The van der Waals surface area contributed by atoms with E-state index >= 15 is 0 Å². The van der Waals surface area contributed by atoms with Crippen LogP contribution in [0.3, 0.4) is 0 Å². The summed E-state index contributed by atoms with van der Waals surface area (Å²) in [6, 6.07) is 6.68. The Hall–Kier alpha value is -1.11. The largest absolute Gasteiger partial charge is 0.207 e. The Morgan fingerprint density at radius 3 is 2.31 bits per heavy atom. The molecule has 0 aliphatic rings. The molecule has 0 aliphatic carbocycles. The molecule has 0 amide bonds. The number of hydrogen-bond acceptors (Lipinski definition) is 0. The summed E-state index contributed by atoms with van der Waals surface area (Å²) in [4.78, 5) is 0. The van der Waals surface area contributed by atoms with E-state index in [1.54, 1.807) is 0 Å². The number of rotatable bonds is 3. The molecule has 1 aromatic carbocycles. The quantitative estimate of drug-likeness (QED) is 0.655. The lowest BCUT2D eigenvalue weighted by Crippen LogP contribution is -1.83. The molecular formula is C12H15F. The van der Waals surface area contributed by atoms with Gasteiger partial charge in [0.2, 0.25) is 0 Å². The fourth-order valence-corrected chi connectivity index (χ4v) is 1.38. The van der Waals surface area contributed by atoms with E-state index in [0.717, 1.165) is 18.4 Å². The van der Waals surface area contributed by atoms with Crippen LogP contribution in [0.2, 0.25) is 0 Å². The summed E-state index contributed by atoms with van der Waals surface area (Å²) in [6.07, 6.45) is 4.22. The van der Waals surface area contributed by atoms with Crippen LogP contribution in [0.15, 0.2) is 30.3 Å². The van der Waals surface area contributed by atoms with Crippen LogP contribution < -0.4 is 0 Å². The number of benzene rings is 1. The summed E-state index contributed by atoms with van der Waals surface area (Å²) in [7, 11) is 0. The van der Waals surface area contributed by atoms with Gasteiger partial charge in [-0.25, -0.2) is 4.39 Å². The van der Waals surface area contributed by atoms with Gasteiger partial charge in [-0.2, -0.15) is 0 Å². The SMILES string of the molecule is CCC=C(CC)c1ccc(F)cc1. The van der Waals surface area contributed by atoms with Crippen molar-refractivity contribution in [1.82, 2.24) is 0 Å². The van der Waals surface area contributed by atoms with E-state index < -0.39 is 0 Å². The van der Waals surface area contributed by atoms with Crippen molar-refractivity contribution in [2.75, 3.05) is 0 Å². The van der Waals surface area contributed by atoms with Crippen LogP contribution in [0.1, 0.15) is 32.3 Å². The second kappa shape index (κ2) is 4.80. The van der Waals surface area contributed by atoms with Crippen LogP contribution in [0, 0.1) is 5.82 Å². The van der Waals surface area contributed by atoms with Gasteiger partial charge in [-0.05, 0) is 36.1 Å². The highest BCUT2D eigenvalue weighted by Crippen LogP contribution is 2.18. The molecular weight excluding hydrogens is 163 g/mol. The van der Waals surface area contributed by atoms with Crippen LogP contribution in [0.5, 0.6) is 0 Å². The third-order valence-corrected chi connectivity index (χ3v) is 2.05. The molecule has 0 saturated heterocycles. The first-order chi connectivity index (χ1) is 6.27. The molecule has 0 nitrogen and oxygen atoms in total. The third-order valence-electron chi connectivity index (χ3n) is 2.05. The summed E-state index contributed by atoms with van der Waals surface area (Å²) in [5, 5.41) is 0. The highest BCUT2D eigenvalue weighted by atomic mass is 19.1. The lowest BCUT2D eigenvalue weighted by Gasteiger charge is -2.03. The van der Waals surface area contributed by atoms with Crippen molar-refractivity contribution < 1.29 is 4.39 Å². The average molecular weight is 178 g/mol. The maximum absolute atomic E-state index is 12.6. The Kier molecular flexibility index (Phi) is 3.69. The second-order valence-corrected chi connectivity index (χ2v) is 3.00. The Balaban J connectivity index is 2.92. The van der Waals surface area contributed by atoms with Gasteiger partial charge in [0.1, 0.15) is 5.82 Å². The van der Waals surface area contributed by atoms with E-state index in [4.69, 9.17) is 0 Å². The van der Waals surface area contributed by atoms with Gasteiger partial charge in [0.25, 0.3) is 0 Å². The summed E-state index contributed by atoms with van der Waals surface area (Å²) in [5.41, 5.74) is 2.42. The molecule has 13 heavy (non-hydrogen) atoms. The minimum atomic E-state index is -0.171. The predicted octanol–water partition coefficient (Wildman–Crippen LogP) is 4.03. The van der Waals surface area contributed by atoms with Gasteiger partial charge in [0.05, 0.1) is 0 Å². The molecule has 0 heterocycles. The monoisotopic (exact) mass is 178 g/mol. The van der Waals surface area contributed by atoms with Crippen molar-refractivity contribution in [2.45, 2.75) is 26.7 Å². The minimum absolute atomic E-state index is 0.171. The third kappa shape index (κ3) is 2.69. The first kappa shape index (κ1) is 9.97. The van der Waals surface area contributed by atoms with E-state index in [1.165, 1.54) is 17.7 Å². The molecule has 0 aromatic heterocycles. The van der Waals surface area contributed by atoms with Crippen molar-refractivity contribution in [3.8, 4) is 0 Å². The van der Waals surface area contributed by atoms with Gasteiger partial charge in [-0.3, -0.25) is 0 Å². The Morgan fingerprint density at radius 2 is 1.85 bits per heavy atom. The topological polar surface area (TPSA) is 0 Å². The zero-order chi connectivity index (χ0) is 9.68. The van der Waals surface area contributed by atoms with Gasteiger partial charge < -0.3 is 0 Å². The second-order valence-electron chi connectivity index (χ2n) is 3.00. The molecule has 0 atom stereocenters. The summed E-state index contributed by atoms with van der Waals surface area (Å²) >= 11 is 0. The van der Waals surface area contributed by atoms with E-state index in [-0.39, 0.29) is 5.82 Å². The van der Waals surface area contributed by atoms with Gasteiger partial charge in [0, 0.05) is 0 Å². The number of allylic oxidation sites excluding steroid dienone is 2. The van der Waals surface area contributed by atoms with Crippen molar-refractivity contribution in [2.24, 2.45) is 0 Å². The molecule has 0 bridgehead atoms. The molecule has 0 fully saturated rings. The van der Waals surface area contributed by atoms with Crippen LogP contribution in [0.4, 0.5) is 4.39 Å². The summed E-state index contributed by atoms with van der Waals surface area (Å²) < 4.78 is 12.6. The maximum atomic E-state index is 12.6. The van der Waals surface area contributed by atoms with Crippen molar-refractivity contribution in [1.29, 1.82) is 0 Å². The average Bonchev–Trinajstić information content (AvgIpc) is 2.16. The smallest absolute Gasteiger partial charge is 0.123 e. The lowest BCUT2D eigenvalue weighted by molar-refractivity contribution is 0.627. The Bertz CT molecular complexity index is 282. The van der Waals surface area contributed by atoms with Gasteiger partial charge in [-0.1, -0.05) is 32.1 Å². The summed E-state index contributed by atoms with van der Waals surface area (Å²) in [5.74, 6) is -0.171. The minimum Gasteiger partial charge on any atom is -0.207 e. The Morgan fingerprint density at radius 1 is 1.23 bits per heavy atom. The van der Waals surface area contributed by atoms with E-state index in [1.807, 2.05) is 12.1 Å².